The van der Waals surface area contributed by atoms with Crippen LogP contribution in [0.25, 0.3) is 0 Å². The number of carbonyl (C=O) groups excluding carboxylic acids is 2. The molecule has 3 rings (SSSR count). The molecule has 21 heavy (non-hydrogen) atoms. The Morgan fingerprint density at radius 3 is 2.90 bits per heavy atom. The second kappa shape index (κ2) is 5.48. The Morgan fingerprint density at radius 2 is 2.19 bits per heavy atom. The minimum Gasteiger partial charge on any atom is -0.376 e. The summed E-state index contributed by atoms with van der Waals surface area (Å²) < 4.78 is 10.7. The number of nitrogens with one attached hydrogen (secondary N) is 2. The molecular weight excluding hydrogens is 274 g/mol. The molecule has 114 valence electrons. The van der Waals surface area contributed by atoms with Crippen molar-refractivity contribution in [2.45, 2.75) is 44.9 Å². The van der Waals surface area contributed by atoms with Gasteiger partial charge in [-0.1, -0.05) is 12.1 Å². The van der Waals surface area contributed by atoms with Gasteiger partial charge in [0.2, 0.25) is 5.91 Å². The molecule has 2 aliphatic rings. The van der Waals surface area contributed by atoms with Crippen LogP contribution in [0.1, 0.15) is 36.4 Å². The van der Waals surface area contributed by atoms with E-state index in [0.29, 0.717) is 24.4 Å². The maximum absolute atomic E-state index is 12.3. The predicted octanol–water partition coefficient (Wildman–Crippen LogP) is 0.259. The van der Waals surface area contributed by atoms with Crippen LogP contribution in [0.4, 0.5) is 0 Å². The van der Waals surface area contributed by atoms with Crippen molar-refractivity contribution in [3.8, 4) is 0 Å². The van der Waals surface area contributed by atoms with Crippen LogP contribution in [0, 0.1) is 5.92 Å². The van der Waals surface area contributed by atoms with Gasteiger partial charge in [0.15, 0.2) is 0 Å². The molecule has 2 amide bonds. The minimum atomic E-state index is -0.209. The van der Waals surface area contributed by atoms with E-state index in [0.717, 1.165) is 6.42 Å². The number of amides is 2. The van der Waals surface area contributed by atoms with E-state index < -0.39 is 0 Å². The summed E-state index contributed by atoms with van der Waals surface area (Å²) in [6.07, 6.45) is 2.95. The van der Waals surface area contributed by atoms with E-state index in [4.69, 9.17) is 9.26 Å². The molecule has 2 N–H and O–H groups in total. The molecule has 1 saturated heterocycles. The summed E-state index contributed by atoms with van der Waals surface area (Å²) in [5.74, 6) is 0.504. The molecule has 0 radical (unpaired) electrons. The molecule has 0 bridgehead atoms. The average molecular weight is 293 g/mol. The van der Waals surface area contributed by atoms with Crippen molar-refractivity contribution in [1.82, 2.24) is 15.8 Å². The molecule has 1 saturated carbocycles. The highest BCUT2D eigenvalue weighted by molar-refractivity contribution is 5.95. The van der Waals surface area contributed by atoms with E-state index in [-0.39, 0.29) is 35.9 Å². The molecule has 7 nitrogen and oxygen atoms in total. The topological polar surface area (TPSA) is 93.5 Å². The van der Waals surface area contributed by atoms with Crippen LogP contribution in [0.15, 0.2) is 10.7 Å². The van der Waals surface area contributed by atoms with Gasteiger partial charge >= 0.3 is 0 Å². The molecule has 0 spiro atoms. The summed E-state index contributed by atoms with van der Waals surface area (Å²) in [5.41, 5.74) is 0.460. The zero-order chi connectivity index (χ0) is 15.0. The number of hydrogen-bond acceptors (Lipinski definition) is 5. The van der Waals surface area contributed by atoms with Crippen molar-refractivity contribution in [3.05, 3.63) is 17.5 Å². The van der Waals surface area contributed by atoms with Crippen molar-refractivity contribution in [1.29, 1.82) is 0 Å². The SMILES string of the molecule is CCc1oncc1C(=O)N[C@H]1[C@H]2CCO[C@H]2[C@@H]1NC(C)=O. The molecule has 1 aliphatic heterocycles. The van der Waals surface area contributed by atoms with Gasteiger partial charge in [-0.3, -0.25) is 9.59 Å². The van der Waals surface area contributed by atoms with Crippen LogP contribution in [0.5, 0.6) is 0 Å². The molecule has 4 atom stereocenters. The van der Waals surface area contributed by atoms with E-state index in [1.807, 2.05) is 6.92 Å². The van der Waals surface area contributed by atoms with Crippen LogP contribution < -0.4 is 10.6 Å². The lowest BCUT2D eigenvalue weighted by Crippen LogP contribution is -2.70. The second-order valence-corrected chi connectivity index (χ2v) is 5.53. The van der Waals surface area contributed by atoms with Crippen molar-refractivity contribution in [3.63, 3.8) is 0 Å². The summed E-state index contributed by atoms with van der Waals surface area (Å²) in [4.78, 5) is 23.6. The molecule has 7 heteroatoms. The lowest BCUT2D eigenvalue weighted by molar-refractivity contribution is -0.123. The lowest BCUT2D eigenvalue weighted by Gasteiger charge is -2.47. The van der Waals surface area contributed by atoms with Gasteiger partial charge in [-0.2, -0.15) is 0 Å². The van der Waals surface area contributed by atoms with Crippen molar-refractivity contribution < 1.29 is 18.8 Å². The highest BCUT2D eigenvalue weighted by Gasteiger charge is 2.55. The van der Waals surface area contributed by atoms with Crippen LogP contribution in [0.2, 0.25) is 0 Å². The summed E-state index contributed by atoms with van der Waals surface area (Å²) in [6, 6.07) is -0.266. The van der Waals surface area contributed by atoms with Gasteiger partial charge in [-0.25, -0.2) is 0 Å². The number of aryl methyl sites for hydroxylation is 1. The van der Waals surface area contributed by atoms with Gasteiger partial charge in [0, 0.05) is 25.9 Å². The molecule has 1 aliphatic carbocycles. The zero-order valence-corrected chi connectivity index (χ0v) is 12.1. The number of fused-ring (bicyclic) bond motifs is 1. The van der Waals surface area contributed by atoms with Crippen molar-refractivity contribution in [2.24, 2.45) is 5.92 Å². The molecule has 0 unspecified atom stereocenters. The number of aromatic nitrogens is 1. The molecule has 1 aromatic rings. The molecular formula is C14H19N3O4. The number of hydrogen-bond donors (Lipinski definition) is 2. The largest absolute Gasteiger partial charge is 0.376 e. The quantitative estimate of drug-likeness (QED) is 0.830. The average Bonchev–Trinajstić information content (AvgIpc) is 3.08. The maximum Gasteiger partial charge on any atom is 0.256 e. The highest BCUT2D eigenvalue weighted by atomic mass is 16.5. The minimum absolute atomic E-state index is 0.00678. The zero-order valence-electron chi connectivity index (χ0n) is 12.1. The van der Waals surface area contributed by atoms with E-state index in [2.05, 4.69) is 15.8 Å². The molecule has 1 aromatic heterocycles. The second-order valence-electron chi connectivity index (χ2n) is 5.53. The first kappa shape index (κ1) is 14.1. The van der Waals surface area contributed by atoms with Crippen LogP contribution >= 0.6 is 0 Å². The first-order valence-corrected chi connectivity index (χ1v) is 7.25. The Hall–Kier alpha value is -1.89. The summed E-state index contributed by atoms with van der Waals surface area (Å²) >= 11 is 0. The van der Waals surface area contributed by atoms with E-state index in [1.54, 1.807) is 0 Å². The van der Waals surface area contributed by atoms with Gasteiger partial charge in [-0.05, 0) is 6.42 Å². The molecule has 0 aromatic carbocycles. The highest BCUT2D eigenvalue weighted by Crippen LogP contribution is 2.39. The van der Waals surface area contributed by atoms with Gasteiger partial charge in [0.25, 0.3) is 5.91 Å². The Morgan fingerprint density at radius 1 is 1.38 bits per heavy atom. The van der Waals surface area contributed by atoms with Crippen molar-refractivity contribution >= 4 is 11.8 Å². The first-order valence-electron chi connectivity index (χ1n) is 7.25. The number of carbonyl (C=O) groups is 2. The first-order chi connectivity index (χ1) is 10.1. The van der Waals surface area contributed by atoms with Crippen LogP contribution in [0.3, 0.4) is 0 Å². The number of rotatable bonds is 4. The Labute approximate surface area is 122 Å². The van der Waals surface area contributed by atoms with Gasteiger partial charge in [0.1, 0.15) is 11.3 Å². The van der Waals surface area contributed by atoms with Gasteiger partial charge in [-0.15, -0.1) is 0 Å². The number of ether oxygens (including phenoxy) is 1. The fraction of sp³-hybridized carbons (Fsp3) is 0.643. The molecule has 2 heterocycles. The normalized spacial score (nSPS) is 30.4. The fourth-order valence-corrected chi connectivity index (χ4v) is 3.24. The Kier molecular flexibility index (Phi) is 3.67. The number of nitrogens with zero attached hydrogens (tertiary/aromatic N) is 1. The van der Waals surface area contributed by atoms with Gasteiger partial charge in [0.05, 0.1) is 24.4 Å². The maximum atomic E-state index is 12.3. The predicted molar refractivity (Wildman–Crippen MR) is 72.6 cm³/mol. The van der Waals surface area contributed by atoms with Crippen molar-refractivity contribution in [2.75, 3.05) is 6.61 Å². The van der Waals surface area contributed by atoms with E-state index >= 15 is 0 Å². The van der Waals surface area contributed by atoms with E-state index in [1.165, 1.54) is 13.1 Å². The summed E-state index contributed by atoms with van der Waals surface area (Å²) in [5, 5.41) is 9.52. The standard InChI is InChI=1S/C14H19N3O4/c1-3-10-9(6-15-21-10)14(19)17-11-8-4-5-20-13(8)12(11)16-7(2)18/h6,8,11-13H,3-5H2,1-2H3,(H,16,18)(H,17,19)/t8-,11+,12-,13-/m1/s1. The third-order valence-corrected chi connectivity index (χ3v) is 4.26. The van der Waals surface area contributed by atoms with Crippen LogP contribution in [-0.2, 0) is 16.0 Å². The Balaban J connectivity index is 1.70. The molecule has 2 fully saturated rings. The van der Waals surface area contributed by atoms with E-state index in [9.17, 15) is 9.59 Å². The Bertz CT molecular complexity index is 556. The van der Waals surface area contributed by atoms with Crippen LogP contribution in [-0.4, -0.2) is 41.8 Å². The van der Waals surface area contributed by atoms with Gasteiger partial charge < -0.3 is 19.9 Å². The third-order valence-electron chi connectivity index (χ3n) is 4.26. The smallest absolute Gasteiger partial charge is 0.256 e. The summed E-state index contributed by atoms with van der Waals surface area (Å²) in [7, 11) is 0. The summed E-state index contributed by atoms with van der Waals surface area (Å²) in [6.45, 7) is 4.04. The third kappa shape index (κ3) is 2.42. The lowest BCUT2D eigenvalue weighted by atomic mass is 9.71. The fourth-order valence-electron chi connectivity index (χ4n) is 3.24. The monoisotopic (exact) mass is 293 g/mol.